The number of hydrogen-bond acceptors (Lipinski definition) is 2. The molecular formula is C19H28N2. The molecule has 1 saturated heterocycles. The summed E-state index contributed by atoms with van der Waals surface area (Å²) in [5.41, 5.74) is 4.61. The summed E-state index contributed by atoms with van der Waals surface area (Å²) in [6, 6.07) is 9.72. The van der Waals surface area contributed by atoms with Gasteiger partial charge >= 0.3 is 0 Å². The topological polar surface area (TPSA) is 6.48 Å². The molecule has 1 atom stereocenters. The van der Waals surface area contributed by atoms with Crippen molar-refractivity contribution in [3.05, 3.63) is 47.0 Å². The number of fused-ring (bicyclic) bond motifs is 1. The van der Waals surface area contributed by atoms with Gasteiger partial charge in [0.15, 0.2) is 0 Å². The molecule has 1 aromatic carbocycles. The Morgan fingerprint density at radius 2 is 2.05 bits per heavy atom. The van der Waals surface area contributed by atoms with E-state index in [1.54, 1.807) is 11.1 Å². The summed E-state index contributed by atoms with van der Waals surface area (Å²) in [5, 5.41) is 0. The molecule has 2 aliphatic rings. The molecule has 0 spiro atoms. The van der Waals surface area contributed by atoms with Crippen molar-refractivity contribution in [2.75, 3.05) is 26.2 Å². The maximum Gasteiger partial charge on any atom is 0.0240 e. The van der Waals surface area contributed by atoms with Crippen LogP contribution in [0, 0.1) is 0 Å². The monoisotopic (exact) mass is 284 g/mol. The smallest absolute Gasteiger partial charge is 0.0240 e. The van der Waals surface area contributed by atoms with E-state index in [9.17, 15) is 0 Å². The van der Waals surface area contributed by atoms with Gasteiger partial charge in [0.25, 0.3) is 0 Å². The molecule has 2 nitrogen and oxygen atoms in total. The van der Waals surface area contributed by atoms with Crippen LogP contribution in [0.1, 0.15) is 37.8 Å². The van der Waals surface area contributed by atoms with Gasteiger partial charge in [-0.1, -0.05) is 35.9 Å². The molecule has 3 rings (SSSR count). The Balaban J connectivity index is 1.62. The summed E-state index contributed by atoms with van der Waals surface area (Å²) in [5.74, 6) is 0. The SMILES string of the molecule is C/C=C(\C)CN1CCCC(N2CCc3ccccc3C2)C1. The third kappa shape index (κ3) is 3.56. The molecule has 0 saturated carbocycles. The Hall–Kier alpha value is -1.12. The Kier molecular flexibility index (Phi) is 4.77. The van der Waals surface area contributed by atoms with Gasteiger partial charge in [0, 0.05) is 32.2 Å². The van der Waals surface area contributed by atoms with E-state index in [1.165, 1.54) is 44.5 Å². The molecule has 2 heterocycles. The zero-order valence-corrected chi connectivity index (χ0v) is 13.5. The predicted octanol–water partition coefficient (Wildman–Crippen LogP) is 3.48. The van der Waals surface area contributed by atoms with Gasteiger partial charge in [-0.2, -0.15) is 0 Å². The van der Waals surface area contributed by atoms with Crippen LogP contribution in [0.15, 0.2) is 35.9 Å². The summed E-state index contributed by atoms with van der Waals surface area (Å²) < 4.78 is 0. The van der Waals surface area contributed by atoms with Crippen molar-refractivity contribution in [3.63, 3.8) is 0 Å². The first-order chi connectivity index (χ1) is 10.3. The maximum absolute atomic E-state index is 2.72. The van der Waals surface area contributed by atoms with E-state index in [0.29, 0.717) is 0 Å². The molecule has 0 aromatic heterocycles. The molecule has 1 unspecified atom stereocenters. The number of likely N-dealkylation sites (tertiary alicyclic amines) is 1. The lowest BCUT2D eigenvalue weighted by Crippen LogP contribution is -2.49. The standard InChI is InChI=1S/C19H28N2/c1-3-16(2)13-20-11-6-9-19(15-20)21-12-10-17-7-4-5-8-18(17)14-21/h3-5,7-8,19H,6,9-15H2,1-2H3/b16-3+. The van der Waals surface area contributed by atoms with Crippen LogP contribution in [0.5, 0.6) is 0 Å². The van der Waals surface area contributed by atoms with Crippen LogP contribution >= 0.6 is 0 Å². The fraction of sp³-hybridized carbons (Fsp3) is 0.579. The van der Waals surface area contributed by atoms with E-state index >= 15 is 0 Å². The Morgan fingerprint density at radius 3 is 2.86 bits per heavy atom. The predicted molar refractivity (Wildman–Crippen MR) is 89.4 cm³/mol. The Bertz CT molecular complexity index is 506. The van der Waals surface area contributed by atoms with E-state index in [0.717, 1.165) is 19.1 Å². The summed E-state index contributed by atoms with van der Waals surface area (Å²) >= 11 is 0. The quantitative estimate of drug-likeness (QED) is 0.784. The van der Waals surface area contributed by atoms with Gasteiger partial charge in [-0.3, -0.25) is 9.80 Å². The van der Waals surface area contributed by atoms with E-state index in [-0.39, 0.29) is 0 Å². The average molecular weight is 284 g/mol. The molecule has 21 heavy (non-hydrogen) atoms. The minimum atomic E-state index is 0.747. The lowest BCUT2D eigenvalue weighted by molar-refractivity contribution is 0.0925. The van der Waals surface area contributed by atoms with Crippen molar-refractivity contribution in [2.45, 2.75) is 45.7 Å². The highest BCUT2D eigenvalue weighted by molar-refractivity contribution is 5.29. The summed E-state index contributed by atoms with van der Waals surface area (Å²) in [6.07, 6.45) is 6.19. The highest BCUT2D eigenvalue weighted by Crippen LogP contribution is 2.24. The molecular weight excluding hydrogens is 256 g/mol. The highest BCUT2D eigenvalue weighted by Gasteiger charge is 2.27. The van der Waals surface area contributed by atoms with Crippen molar-refractivity contribution >= 4 is 0 Å². The minimum Gasteiger partial charge on any atom is -0.298 e. The minimum absolute atomic E-state index is 0.747. The van der Waals surface area contributed by atoms with Crippen LogP contribution in [-0.2, 0) is 13.0 Å². The van der Waals surface area contributed by atoms with Gasteiger partial charge in [-0.05, 0) is 50.8 Å². The third-order valence-electron chi connectivity index (χ3n) is 5.12. The maximum atomic E-state index is 2.72. The van der Waals surface area contributed by atoms with E-state index < -0.39 is 0 Å². The normalized spacial score (nSPS) is 24.9. The zero-order chi connectivity index (χ0) is 14.7. The largest absolute Gasteiger partial charge is 0.298 e. The number of allylic oxidation sites excluding steroid dienone is 1. The molecule has 114 valence electrons. The first-order valence-electron chi connectivity index (χ1n) is 8.41. The molecule has 0 amide bonds. The first-order valence-corrected chi connectivity index (χ1v) is 8.41. The molecule has 2 aliphatic heterocycles. The van der Waals surface area contributed by atoms with Gasteiger partial charge in [0.05, 0.1) is 0 Å². The summed E-state index contributed by atoms with van der Waals surface area (Å²) in [4.78, 5) is 5.36. The molecule has 0 N–H and O–H groups in total. The van der Waals surface area contributed by atoms with E-state index in [4.69, 9.17) is 0 Å². The molecule has 0 radical (unpaired) electrons. The van der Waals surface area contributed by atoms with Crippen molar-refractivity contribution in [1.29, 1.82) is 0 Å². The van der Waals surface area contributed by atoms with Gasteiger partial charge in [0.1, 0.15) is 0 Å². The number of rotatable bonds is 3. The zero-order valence-electron chi connectivity index (χ0n) is 13.5. The van der Waals surface area contributed by atoms with Crippen LogP contribution in [0.25, 0.3) is 0 Å². The van der Waals surface area contributed by atoms with E-state index in [1.807, 2.05) is 0 Å². The van der Waals surface area contributed by atoms with Crippen molar-refractivity contribution in [2.24, 2.45) is 0 Å². The van der Waals surface area contributed by atoms with Gasteiger partial charge < -0.3 is 0 Å². The number of piperidine rings is 1. The van der Waals surface area contributed by atoms with Crippen LogP contribution < -0.4 is 0 Å². The molecule has 0 bridgehead atoms. The second-order valence-corrected chi connectivity index (χ2v) is 6.66. The Labute approximate surface area is 129 Å². The second-order valence-electron chi connectivity index (χ2n) is 6.66. The summed E-state index contributed by atoms with van der Waals surface area (Å²) in [6.45, 7) is 10.4. The van der Waals surface area contributed by atoms with Crippen LogP contribution in [0.3, 0.4) is 0 Å². The average Bonchev–Trinajstić information content (AvgIpc) is 2.54. The fourth-order valence-corrected chi connectivity index (χ4v) is 3.75. The van der Waals surface area contributed by atoms with Gasteiger partial charge in [0.2, 0.25) is 0 Å². The van der Waals surface area contributed by atoms with Gasteiger partial charge in [-0.15, -0.1) is 0 Å². The van der Waals surface area contributed by atoms with Gasteiger partial charge in [-0.25, -0.2) is 0 Å². The number of benzene rings is 1. The van der Waals surface area contributed by atoms with E-state index in [2.05, 4.69) is 54.0 Å². The van der Waals surface area contributed by atoms with Crippen LogP contribution in [0.2, 0.25) is 0 Å². The van der Waals surface area contributed by atoms with Crippen LogP contribution in [0.4, 0.5) is 0 Å². The third-order valence-corrected chi connectivity index (χ3v) is 5.12. The molecule has 1 aromatic rings. The number of hydrogen-bond donors (Lipinski definition) is 0. The Morgan fingerprint density at radius 1 is 1.24 bits per heavy atom. The molecule has 2 heteroatoms. The first kappa shape index (κ1) is 14.8. The lowest BCUT2D eigenvalue weighted by atomic mass is 9.96. The summed E-state index contributed by atoms with van der Waals surface area (Å²) in [7, 11) is 0. The fourth-order valence-electron chi connectivity index (χ4n) is 3.75. The second kappa shape index (κ2) is 6.76. The van der Waals surface area contributed by atoms with Crippen LogP contribution in [-0.4, -0.2) is 42.0 Å². The lowest BCUT2D eigenvalue weighted by Gasteiger charge is -2.41. The van der Waals surface area contributed by atoms with Crippen molar-refractivity contribution in [3.8, 4) is 0 Å². The van der Waals surface area contributed by atoms with Crippen molar-refractivity contribution in [1.82, 2.24) is 9.80 Å². The highest BCUT2D eigenvalue weighted by atomic mass is 15.2. The van der Waals surface area contributed by atoms with Crippen molar-refractivity contribution < 1.29 is 0 Å². The molecule has 1 fully saturated rings. The molecule has 0 aliphatic carbocycles. The number of nitrogens with zero attached hydrogens (tertiary/aromatic N) is 2.